The summed E-state index contributed by atoms with van der Waals surface area (Å²) in [6.07, 6.45) is 9.03. The quantitative estimate of drug-likeness (QED) is 0.473. The summed E-state index contributed by atoms with van der Waals surface area (Å²) in [4.78, 5) is 0. The zero-order valence-corrected chi connectivity index (χ0v) is 14.9. The van der Waals surface area contributed by atoms with Crippen LogP contribution in [0.3, 0.4) is 0 Å². The van der Waals surface area contributed by atoms with Gasteiger partial charge in [0, 0.05) is 0 Å². The fraction of sp³-hybridized carbons (Fsp3) is 1.00. The minimum atomic E-state index is 0. The first kappa shape index (κ1) is 42.8. The Morgan fingerprint density at radius 3 is 0.368 bits per heavy atom. The fourth-order valence-corrected chi connectivity index (χ4v) is 0. The van der Waals surface area contributed by atoms with Crippen molar-refractivity contribution in [3.63, 3.8) is 0 Å². The lowest BCUT2D eigenvalue weighted by Gasteiger charge is -1.68. The Balaban J connectivity index is -0.0000000186. The predicted molar refractivity (Wildman–Crippen MR) is 103 cm³/mol. The summed E-state index contributed by atoms with van der Waals surface area (Å²) in [7, 11) is 0. The Kier molecular flexibility index (Phi) is 239. The minimum absolute atomic E-state index is 0. The maximum absolute atomic E-state index is 2.18. The van der Waals surface area contributed by atoms with Gasteiger partial charge >= 0.3 is 0 Å². The van der Waals surface area contributed by atoms with Crippen LogP contribution in [-0.2, 0) is 0 Å². The first-order valence-electron chi connectivity index (χ1n) is 8.07. The summed E-state index contributed by atoms with van der Waals surface area (Å²) in [5.74, 6) is 0. The molecule has 0 nitrogen and oxygen atoms in total. The molecule has 128 valence electrons. The summed E-state index contributed by atoms with van der Waals surface area (Å²) in [5.41, 5.74) is 0. The molecule has 0 N–H and O–H groups in total. The molecular formula is C19H52. The standard InChI is InChI=1S/2C4H10.3C3H8.2CH4/c2*1-3-4-2;3*1-3-2;;/h2*3-4H2,1-2H3;3*3H2,1-2H3;2*1H4. The van der Waals surface area contributed by atoms with Gasteiger partial charge in [0.15, 0.2) is 0 Å². The molecule has 0 saturated heterocycles. The number of hydrogen-bond donors (Lipinski definition) is 0. The average Bonchev–Trinajstić information content (AvgIpc) is 2.32. The van der Waals surface area contributed by atoms with E-state index in [9.17, 15) is 0 Å². The van der Waals surface area contributed by atoms with E-state index < -0.39 is 0 Å². The highest BCUT2D eigenvalue weighted by Crippen LogP contribution is 1.77. The third-order valence-electron chi connectivity index (χ3n) is 1.000. The molecule has 0 saturated carbocycles. The summed E-state index contributed by atoms with van der Waals surface area (Å²) in [6.45, 7) is 21.5. The Labute approximate surface area is 129 Å². The average molecular weight is 281 g/mol. The molecule has 0 fully saturated rings. The lowest BCUT2D eigenvalue weighted by molar-refractivity contribution is 0.886. The molecule has 0 heterocycles. The first-order valence-corrected chi connectivity index (χ1v) is 8.07. The van der Waals surface area contributed by atoms with E-state index in [2.05, 4.69) is 69.2 Å². The topological polar surface area (TPSA) is 0 Å². The highest BCUT2D eigenvalue weighted by molar-refractivity contribution is 4.13. The highest BCUT2D eigenvalue weighted by atomic mass is 13.6. The van der Waals surface area contributed by atoms with Crippen molar-refractivity contribution >= 4 is 0 Å². The minimum Gasteiger partial charge on any atom is -0.0776 e. The summed E-state index contributed by atoms with van der Waals surface area (Å²) in [5, 5.41) is 0. The van der Waals surface area contributed by atoms with Gasteiger partial charge < -0.3 is 0 Å². The van der Waals surface area contributed by atoms with Crippen molar-refractivity contribution in [2.75, 3.05) is 0 Å². The van der Waals surface area contributed by atoms with Crippen LogP contribution in [0.15, 0.2) is 0 Å². The predicted octanol–water partition coefficient (Wildman–Crippen LogP) is 9.13. The maximum atomic E-state index is 2.18. The fourth-order valence-electron chi connectivity index (χ4n) is 0. The molecule has 0 aliphatic heterocycles. The van der Waals surface area contributed by atoms with Crippen molar-refractivity contribution in [3.8, 4) is 0 Å². The molecule has 0 atom stereocenters. The lowest BCUT2D eigenvalue weighted by atomic mass is 10.4. The molecule has 0 aromatic rings. The number of unbranched alkanes of at least 4 members (excludes halogenated alkanes) is 2. The van der Waals surface area contributed by atoms with E-state index in [0.717, 1.165) is 0 Å². The number of rotatable bonds is 2. The molecule has 0 amide bonds. The summed E-state index contributed by atoms with van der Waals surface area (Å²) < 4.78 is 0. The van der Waals surface area contributed by atoms with Gasteiger partial charge in [-0.2, -0.15) is 0 Å². The summed E-state index contributed by atoms with van der Waals surface area (Å²) >= 11 is 0. The van der Waals surface area contributed by atoms with Gasteiger partial charge in [0.2, 0.25) is 0 Å². The second kappa shape index (κ2) is 106. The Morgan fingerprint density at radius 2 is 0.368 bits per heavy atom. The van der Waals surface area contributed by atoms with Gasteiger partial charge in [-0.25, -0.2) is 0 Å². The molecule has 0 heteroatoms. The molecule has 0 unspecified atom stereocenters. The van der Waals surface area contributed by atoms with Crippen molar-refractivity contribution in [1.29, 1.82) is 0 Å². The van der Waals surface area contributed by atoms with Gasteiger partial charge in [-0.05, 0) is 0 Å². The molecule has 0 aliphatic carbocycles. The van der Waals surface area contributed by atoms with Gasteiger partial charge in [-0.15, -0.1) is 0 Å². The van der Waals surface area contributed by atoms with Gasteiger partial charge in [0.25, 0.3) is 0 Å². The molecule has 0 radical (unpaired) electrons. The zero-order valence-electron chi connectivity index (χ0n) is 14.9. The van der Waals surface area contributed by atoms with Crippen LogP contribution >= 0.6 is 0 Å². The maximum Gasteiger partial charge on any atom is -0.0564 e. The van der Waals surface area contributed by atoms with Gasteiger partial charge in [-0.1, -0.05) is 129 Å². The van der Waals surface area contributed by atoms with Crippen molar-refractivity contribution in [2.45, 2.75) is 129 Å². The van der Waals surface area contributed by atoms with Crippen LogP contribution in [-0.4, -0.2) is 0 Å². The molecule has 0 aromatic heterocycles. The SMILES string of the molecule is C.C.CCC.CCC.CCC.CCCC.CCCC. The van der Waals surface area contributed by atoms with E-state index in [-0.39, 0.29) is 14.9 Å². The van der Waals surface area contributed by atoms with Crippen molar-refractivity contribution in [2.24, 2.45) is 0 Å². The molecule has 0 aromatic carbocycles. The van der Waals surface area contributed by atoms with E-state index >= 15 is 0 Å². The smallest absolute Gasteiger partial charge is 0.0564 e. The third kappa shape index (κ3) is 1150. The van der Waals surface area contributed by atoms with Crippen LogP contribution in [0.2, 0.25) is 0 Å². The van der Waals surface area contributed by atoms with E-state index in [1.165, 1.54) is 44.9 Å². The van der Waals surface area contributed by atoms with Crippen LogP contribution in [0.25, 0.3) is 0 Å². The zero-order chi connectivity index (χ0) is 14.9. The van der Waals surface area contributed by atoms with Crippen LogP contribution in [0.5, 0.6) is 0 Å². The lowest BCUT2D eigenvalue weighted by Crippen LogP contribution is -1.47. The molecule has 0 spiro atoms. The molecule has 19 heavy (non-hydrogen) atoms. The molecule has 0 bridgehead atoms. The second-order valence-electron chi connectivity index (χ2n) is 4.12. The van der Waals surface area contributed by atoms with Crippen molar-refractivity contribution in [3.05, 3.63) is 0 Å². The van der Waals surface area contributed by atoms with Crippen LogP contribution in [0.1, 0.15) is 129 Å². The summed E-state index contributed by atoms with van der Waals surface area (Å²) in [6, 6.07) is 0. The van der Waals surface area contributed by atoms with Crippen LogP contribution in [0, 0.1) is 0 Å². The van der Waals surface area contributed by atoms with Crippen LogP contribution < -0.4 is 0 Å². The Bertz CT molecular complexity index is 26.5. The first-order chi connectivity index (χ1) is 8.07. The van der Waals surface area contributed by atoms with E-state index in [0.29, 0.717) is 0 Å². The van der Waals surface area contributed by atoms with E-state index in [4.69, 9.17) is 0 Å². The van der Waals surface area contributed by atoms with Gasteiger partial charge in [0.1, 0.15) is 0 Å². The monoisotopic (exact) mass is 280 g/mol. The van der Waals surface area contributed by atoms with Crippen molar-refractivity contribution in [1.82, 2.24) is 0 Å². The molecule has 0 rings (SSSR count). The Hall–Kier alpha value is 0. The highest BCUT2D eigenvalue weighted by Gasteiger charge is 1.56. The van der Waals surface area contributed by atoms with Gasteiger partial charge in [-0.3, -0.25) is 0 Å². The normalized spacial score (nSPS) is 6.00. The van der Waals surface area contributed by atoms with E-state index in [1.54, 1.807) is 0 Å². The van der Waals surface area contributed by atoms with Crippen LogP contribution in [0.4, 0.5) is 0 Å². The Morgan fingerprint density at radius 1 is 0.316 bits per heavy atom. The van der Waals surface area contributed by atoms with E-state index in [1.807, 2.05) is 0 Å². The van der Waals surface area contributed by atoms with Crippen molar-refractivity contribution < 1.29 is 0 Å². The van der Waals surface area contributed by atoms with Gasteiger partial charge in [0.05, 0.1) is 0 Å². The molecule has 0 aliphatic rings. The number of hydrogen-bond acceptors (Lipinski definition) is 0. The third-order valence-corrected chi connectivity index (χ3v) is 1.000. The second-order valence-corrected chi connectivity index (χ2v) is 4.12. The largest absolute Gasteiger partial charge is 0.0776 e. The molecular weight excluding hydrogens is 228 g/mol.